The Kier molecular flexibility index (Phi) is 7.54. The standard InChI is InChI=1S/C30H32N2O2S2/c1-3-5-12-22(4-2)28-31-29-26(30(34)32(28)15-14-23-13-9-16-35-23)24-18-21(19-25(33)27(24)36-29)17-20-10-7-6-8-11-20/h6-11,13,16,18-19,22,33H,3-5,12,14-15,17H2,1-2H3. The fourth-order valence-corrected chi connectivity index (χ4v) is 6.79. The lowest BCUT2D eigenvalue weighted by Gasteiger charge is -2.19. The lowest BCUT2D eigenvalue weighted by molar-refractivity contribution is 0.482. The molecule has 0 aliphatic carbocycles. The molecule has 0 bridgehead atoms. The Bertz CT molecular complexity index is 1520. The normalized spacial score (nSPS) is 12.5. The third-order valence-corrected chi connectivity index (χ3v) is 9.00. The zero-order valence-electron chi connectivity index (χ0n) is 20.9. The molecule has 1 unspecified atom stereocenters. The molecular formula is C30H32N2O2S2. The van der Waals surface area contributed by atoms with Crippen molar-refractivity contribution < 1.29 is 5.11 Å². The van der Waals surface area contributed by atoms with Crippen LogP contribution >= 0.6 is 22.7 Å². The summed E-state index contributed by atoms with van der Waals surface area (Å²) in [7, 11) is 0. The van der Waals surface area contributed by atoms with Crippen molar-refractivity contribution in [2.45, 2.75) is 64.8 Å². The molecule has 5 aromatic rings. The van der Waals surface area contributed by atoms with Crippen LogP contribution in [0.2, 0.25) is 0 Å². The number of nitrogens with zero attached hydrogens (tertiary/aromatic N) is 2. The van der Waals surface area contributed by atoms with E-state index >= 15 is 0 Å². The van der Waals surface area contributed by atoms with Gasteiger partial charge in [0.1, 0.15) is 16.4 Å². The molecule has 0 radical (unpaired) electrons. The van der Waals surface area contributed by atoms with E-state index in [0.29, 0.717) is 18.4 Å². The molecule has 0 saturated heterocycles. The van der Waals surface area contributed by atoms with Gasteiger partial charge in [-0.15, -0.1) is 22.7 Å². The van der Waals surface area contributed by atoms with Gasteiger partial charge in [-0.25, -0.2) is 4.98 Å². The Labute approximate surface area is 219 Å². The number of aromatic nitrogens is 2. The maximum atomic E-state index is 14.1. The summed E-state index contributed by atoms with van der Waals surface area (Å²) in [4.78, 5) is 21.2. The first-order chi connectivity index (χ1) is 17.6. The van der Waals surface area contributed by atoms with Crippen LogP contribution in [0.15, 0.2) is 64.8 Å². The Balaban J connectivity index is 1.66. The maximum Gasteiger partial charge on any atom is 0.262 e. The highest BCUT2D eigenvalue weighted by molar-refractivity contribution is 7.25. The van der Waals surface area contributed by atoms with Gasteiger partial charge in [-0.3, -0.25) is 9.36 Å². The van der Waals surface area contributed by atoms with Gasteiger partial charge in [0, 0.05) is 22.7 Å². The lowest BCUT2D eigenvalue weighted by atomic mass is 9.97. The van der Waals surface area contributed by atoms with Crippen LogP contribution in [0.5, 0.6) is 5.75 Å². The minimum atomic E-state index is 0.0176. The third-order valence-electron chi connectivity index (χ3n) is 6.94. The van der Waals surface area contributed by atoms with Crippen molar-refractivity contribution >= 4 is 43.0 Å². The minimum absolute atomic E-state index is 0.0176. The van der Waals surface area contributed by atoms with Gasteiger partial charge in [0.25, 0.3) is 5.56 Å². The number of fused-ring (bicyclic) bond motifs is 3. The van der Waals surface area contributed by atoms with Crippen molar-refractivity contribution in [1.82, 2.24) is 9.55 Å². The van der Waals surface area contributed by atoms with Crippen molar-refractivity contribution in [3.05, 3.63) is 92.2 Å². The highest BCUT2D eigenvalue weighted by atomic mass is 32.1. The van der Waals surface area contributed by atoms with Gasteiger partial charge >= 0.3 is 0 Å². The van der Waals surface area contributed by atoms with Gasteiger partial charge in [0.2, 0.25) is 0 Å². The molecule has 186 valence electrons. The van der Waals surface area contributed by atoms with Crippen LogP contribution in [-0.4, -0.2) is 14.7 Å². The van der Waals surface area contributed by atoms with E-state index in [9.17, 15) is 9.90 Å². The molecule has 0 spiro atoms. The van der Waals surface area contributed by atoms with Crippen LogP contribution in [0.4, 0.5) is 0 Å². The average molecular weight is 517 g/mol. The molecule has 0 saturated carbocycles. The quantitative estimate of drug-likeness (QED) is 0.205. The molecule has 4 nitrogen and oxygen atoms in total. The van der Waals surface area contributed by atoms with Crippen molar-refractivity contribution in [3.8, 4) is 5.75 Å². The third kappa shape index (κ3) is 4.97. The predicted octanol–water partition coefficient (Wildman–Crippen LogP) is 7.90. The van der Waals surface area contributed by atoms with Crippen molar-refractivity contribution in [1.29, 1.82) is 0 Å². The molecule has 1 atom stereocenters. The van der Waals surface area contributed by atoms with E-state index < -0.39 is 0 Å². The summed E-state index contributed by atoms with van der Waals surface area (Å²) >= 11 is 3.16. The summed E-state index contributed by atoms with van der Waals surface area (Å²) in [5, 5.41) is 14.5. The molecule has 0 amide bonds. The molecule has 0 fully saturated rings. The number of hydrogen-bond donors (Lipinski definition) is 1. The minimum Gasteiger partial charge on any atom is -0.506 e. The van der Waals surface area contributed by atoms with Gasteiger partial charge in [0.15, 0.2) is 0 Å². The fourth-order valence-electron chi connectivity index (χ4n) is 5.02. The first-order valence-corrected chi connectivity index (χ1v) is 14.5. The first-order valence-electron chi connectivity index (χ1n) is 12.8. The van der Waals surface area contributed by atoms with Gasteiger partial charge in [0.05, 0.1) is 10.1 Å². The van der Waals surface area contributed by atoms with Crippen LogP contribution < -0.4 is 5.56 Å². The highest BCUT2D eigenvalue weighted by Gasteiger charge is 2.22. The average Bonchev–Trinajstić information content (AvgIpc) is 3.53. The molecule has 3 heterocycles. The lowest BCUT2D eigenvalue weighted by Crippen LogP contribution is -2.27. The van der Waals surface area contributed by atoms with Crippen LogP contribution in [0.1, 0.15) is 67.3 Å². The second kappa shape index (κ2) is 11.0. The van der Waals surface area contributed by atoms with E-state index in [1.165, 1.54) is 21.8 Å². The number of aryl methyl sites for hydroxylation is 1. The van der Waals surface area contributed by atoms with E-state index in [2.05, 4.69) is 49.6 Å². The van der Waals surface area contributed by atoms with Crippen LogP contribution in [0.25, 0.3) is 20.3 Å². The van der Waals surface area contributed by atoms with Crippen molar-refractivity contribution in [2.24, 2.45) is 0 Å². The van der Waals surface area contributed by atoms with Gasteiger partial charge in [-0.2, -0.15) is 0 Å². The molecule has 3 aromatic heterocycles. The zero-order valence-corrected chi connectivity index (χ0v) is 22.5. The molecule has 0 aliphatic heterocycles. The Morgan fingerprint density at radius 1 is 1.06 bits per heavy atom. The van der Waals surface area contributed by atoms with E-state index in [-0.39, 0.29) is 17.2 Å². The number of benzene rings is 2. The summed E-state index contributed by atoms with van der Waals surface area (Å²) < 4.78 is 2.67. The topological polar surface area (TPSA) is 55.1 Å². The summed E-state index contributed by atoms with van der Waals surface area (Å²) in [6.45, 7) is 5.01. The number of phenols is 1. The summed E-state index contributed by atoms with van der Waals surface area (Å²) in [5.41, 5.74) is 2.18. The number of phenolic OH excluding ortho intramolecular Hbond substituents is 1. The Hall–Kier alpha value is -2.96. The second-order valence-corrected chi connectivity index (χ2v) is 11.5. The summed E-state index contributed by atoms with van der Waals surface area (Å²) in [5.74, 6) is 1.37. The SMILES string of the molecule is CCCCC(CC)c1nc2sc3c(O)cc(Cc4ccccc4)cc3c2c(=O)n1CCc1cccs1. The van der Waals surface area contributed by atoms with Crippen LogP contribution in [0, 0.1) is 0 Å². The van der Waals surface area contributed by atoms with E-state index in [0.717, 1.165) is 58.4 Å². The molecule has 6 heteroatoms. The van der Waals surface area contributed by atoms with Crippen molar-refractivity contribution in [2.75, 3.05) is 0 Å². The Morgan fingerprint density at radius 3 is 2.61 bits per heavy atom. The predicted molar refractivity (Wildman–Crippen MR) is 153 cm³/mol. The maximum absolute atomic E-state index is 14.1. The van der Waals surface area contributed by atoms with Crippen LogP contribution in [-0.2, 0) is 19.4 Å². The number of thiophene rings is 2. The number of aromatic hydroxyl groups is 1. The van der Waals surface area contributed by atoms with Gasteiger partial charge < -0.3 is 5.11 Å². The molecule has 5 rings (SSSR count). The smallest absolute Gasteiger partial charge is 0.262 e. The molecule has 0 aliphatic rings. The van der Waals surface area contributed by atoms with Crippen molar-refractivity contribution in [3.63, 3.8) is 0 Å². The monoisotopic (exact) mass is 516 g/mol. The highest BCUT2D eigenvalue weighted by Crippen LogP contribution is 2.39. The van der Waals surface area contributed by atoms with E-state index in [1.54, 1.807) is 11.3 Å². The number of rotatable bonds is 10. The van der Waals surface area contributed by atoms with Gasteiger partial charge in [-0.05, 0) is 60.4 Å². The molecule has 2 aromatic carbocycles. The van der Waals surface area contributed by atoms with Gasteiger partial charge in [-0.1, -0.05) is 63.1 Å². The van der Waals surface area contributed by atoms with E-state index in [4.69, 9.17) is 4.98 Å². The Morgan fingerprint density at radius 2 is 1.89 bits per heavy atom. The zero-order chi connectivity index (χ0) is 25.1. The first kappa shape index (κ1) is 24.7. The second-order valence-electron chi connectivity index (χ2n) is 9.44. The fraction of sp³-hybridized carbons (Fsp3) is 0.333. The van der Waals surface area contributed by atoms with Crippen LogP contribution in [0.3, 0.4) is 0 Å². The summed E-state index contributed by atoms with van der Waals surface area (Å²) in [6.07, 6.45) is 5.74. The van der Waals surface area contributed by atoms with E-state index in [1.807, 2.05) is 28.8 Å². The number of hydrogen-bond acceptors (Lipinski definition) is 5. The summed E-state index contributed by atoms with van der Waals surface area (Å²) in [6, 6.07) is 18.3. The number of unbranched alkanes of at least 4 members (excludes halogenated alkanes) is 1. The molecule has 36 heavy (non-hydrogen) atoms. The molecule has 1 N–H and O–H groups in total. The largest absolute Gasteiger partial charge is 0.506 e. The molecular weight excluding hydrogens is 484 g/mol.